The molecule has 2 aromatic heterocycles. The molecule has 0 radical (unpaired) electrons. The number of aryl methyl sites for hydroxylation is 1. The number of thiophene rings is 1. The number of carbonyl (C=O) groups is 1. The molecule has 4 rings (SSSR count). The number of benzene rings is 1. The summed E-state index contributed by atoms with van der Waals surface area (Å²) in [5, 5.41) is 0.582. The van der Waals surface area contributed by atoms with E-state index in [1.54, 1.807) is 6.07 Å². The van der Waals surface area contributed by atoms with Gasteiger partial charge in [0.2, 0.25) is 0 Å². The van der Waals surface area contributed by atoms with Gasteiger partial charge in [0, 0.05) is 61.1 Å². The van der Waals surface area contributed by atoms with Crippen LogP contribution in [-0.2, 0) is 6.42 Å². The van der Waals surface area contributed by atoms with E-state index in [0.29, 0.717) is 10.3 Å². The quantitative estimate of drug-likeness (QED) is 0.619. The summed E-state index contributed by atoms with van der Waals surface area (Å²) in [5.74, 6) is -0.241. The first-order valence-corrected chi connectivity index (χ1v) is 10.9. The first kappa shape index (κ1) is 20.0. The fraction of sp³-hybridized carbons (Fsp3) is 0.391. The molecule has 0 aliphatic carbocycles. The predicted octanol–water partition coefficient (Wildman–Crippen LogP) is 4.52. The number of rotatable bonds is 5. The van der Waals surface area contributed by atoms with Crippen LogP contribution in [0.4, 0.5) is 4.39 Å². The van der Waals surface area contributed by atoms with Crippen molar-refractivity contribution in [3.63, 3.8) is 0 Å². The van der Waals surface area contributed by atoms with Crippen LogP contribution < -0.4 is 0 Å². The summed E-state index contributed by atoms with van der Waals surface area (Å²) in [4.78, 5) is 22.5. The number of amides is 1. The van der Waals surface area contributed by atoms with Gasteiger partial charge >= 0.3 is 0 Å². The second-order valence-electron chi connectivity index (χ2n) is 7.73. The minimum atomic E-state index is -0.251. The Morgan fingerprint density at radius 3 is 2.72 bits per heavy atom. The summed E-state index contributed by atoms with van der Waals surface area (Å²) in [6.45, 7) is 4.81. The number of halogens is 1. The van der Waals surface area contributed by atoms with E-state index in [1.807, 2.05) is 43.3 Å². The molecule has 0 saturated carbocycles. The topological polar surface area (TPSA) is 36.4 Å². The van der Waals surface area contributed by atoms with Gasteiger partial charge in [0.15, 0.2) is 0 Å². The van der Waals surface area contributed by atoms with Crippen molar-refractivity contribution >= 4 is 27.3 Å². The number of hydrogen-bond acceptors (Lipinski definition) is 4. The van der Waals surface area contributed by atoms with Crippen LogP contribution in [0, 0.1) is 12.7 Å². The van der Waals surface area contributed by atoms with Crippen LogP contribution in [0.2, 0.25) is 0 Å². The summed E-state index contributed by atoms with van der Waals surface area (Å²) in [6.07, 6.45) is 4.71. The molecule has 0 atom stereocenters. The minimum Gasteiger partial charge on any atom is -0.338 e. The fourth-order valence-corrected chi connectivity index (χ4v) is 5.34. The van der Waals surface area contributed by atoms with E-state index in [-0.39, 0.29) is 17.8 Å². The Balaban J connectivity index is 1.37. The Hall–Kier alpha value is -2.31. The van der Waals surface area contributed by atoms with E-state index in [0.717, 1.165) is 54.9 Å². The molecule has 4 nitrogen and oxygen atoms in total. The van der Waals surface area contributed by atoms with Gasteiger partial charge in [0.1, 0.15) is 5.82 Å². The van der Waals surface area contributed by atoms with Gasteiger partial charge < -0.3 is 9.80 Å². The molecular weight excluding hydrogens is 385 g/mol. The Morgan fingerprint density at radius 1 is 1.24 bits per heavy atom. The molecule has 0 bridgehead atoms. The lowest BCUT2D eigenvalue weighted by molar-refractivity contribution is 0.0647. The van der Waals surface area contributed by atoms with Crippen LogP contribution >= 0.6 is 11.3 Å². The van der Waals surface area contributed by atoms with E-state index in [1.165, 1.54) is 17.4 Å². The summed E-state index contributed by atoms with van der Waals surface area (Å²) >= 11 is 1.40. The molecule has 3 aromatic rings. The van der Waals surface area contributed by atoms with Crippen LogP contribution in [0.1, 0.15) is 33.8 Å². The fourth-order valence-electron chi connectivity index (χ4n) is 4.13. The highest BCUT2D eigenvalue weighted by Crippen LogP contribution is 2.34. The Kier molecular flexibility index (Phi) is 5.92. The van der Waals surface area contributed by atoms with Crippen LogP contribution in [0.25, 0.3) is 10.1 Å². The summed E-state index contributed by atoms with van der Waals surface area (Å²) in [6, 6.07) is 11.3. The molecule has 1 aliphatic heterocycles. The summed E-state index contributed by atoms with van der Waals surface area (Å²) in [7, 11) is 1.89. The van der Waals surface area contributed by atoms with Gasteiger partial charge in [0.25, 0.3) is 5.91 Å². The van der Waals surface area contributed by atoms with Crippen molar-refractivity contribution in [1.82, 2.24) is 14.8 Å². The second-order valence-corrected chi connectivity index (χ2v) is 8.78. The maximum absolute atomic E-state index is 14.2. The van der Waals surface area contributed by atoms with E-state index in [2.05, 4.69) is 16.0 Å². The average Bonchev–Trinajstić information content (AvgIpc) is 3.10. The molecule has 29 heavy (non-hydrogen) atoms. The van der Waals surface area contributed by atoms with Gasteiger partial charge in [-0.05, 0) is 49.6 Å². The lowest BCUT2D eigenvalue weighted by atomic mass is 10.0. The van der Waals surface area contributed by atoms with Crippen LogP contribution in [-0.4, -0.2) is 53.4 Å². The largest absolute Gasteiger partial charge is 0.338 e. The molecule has 1 aromatic carbocycles. The monoisotopic (exact) mass is 411 g/mol. The Bertz CT molecular complexity index is 996. The van der Waals surface area contributed by atoms with E-state index >= 15 is 0 Å². The smallest absolute Gasteiger partial charge is 0.264 e. The van der Waals surface area contributed by atoms with Crippen molar-refractivity contribution in [2.24, 2.45) is 0 Å². The lowest BCUT2D eigenvalue weighted by Gasteiger charge is -2.36. The molecule has 0 spiro atoms. The van der Waals surface area contributed by atoms with Crippen LogP contribution in [0.5, 0.6) is 0 Å². The predicted molar refractivity (Wildman–Crippen MR) is 116 cm³/mol. The third kappa shape index (κ3) is 4.19. The van der Waals surface area contributed by atoms with E-state index in [4.69, 9.17) is 0 Å². The standard InChI is InChI=1S/C23H26FN3OS/c1-16-21-19(24)7-5-8-20(21)29-22(16)23(28)26(2)18-10-14-27(15-11-18)13-9-17-6-3-4-12-25-17/h3-8,12,18H,9-11,13-15H2,1-2H3. The zero-order chi connectivity index (χ0) is 20.4. The third-order valence-electron chi connectivity index (χ3n) is 5.93. The first-order chi connectivity index (χ1) is 14.0. The highest BCUT2D eigenvalue weighted by Gasteiger charge is 2.28. The van der Waals surface area contributed by atoms with Gasteiger partial charge in [-0.3, -0.25) is 9.78 Å². The van der Waals surface area contributed by atoms with Gasteiger partial charge in [-0.1, -0.05) is 12.1 Å². The molecule has 0 N–H and O–H groups in total. The maximum atomic E-state index is 14.2. The number of likely N-dealkylation sites (tertiary alicyclic amines) is 1. The number of nitrogens with zero attached hydrogens (tertiary/aromatic N) is 3. The zero-order valence-corrected chi connectivity index (χ0v) is 17.7. The SMILES string of the molecule is Cc1c(C(=O)N(C)C2CCN(CCc3ccccn3)CC2)sc2cccc(F)c12. The molecule has 1 aliphatic rings. The number of piperidine rings is 1. The van der Waals surface area contributed by atoms with Crippen molar-refractivity contribution in [2.75, 3.05) is 26.7 Å². The molecular formula is C23H26FN3OS. The van der Waals surface area contributed by atoms with E-state index in [9.17, 15) is 9.18 Å². The lowest BCUT2D eigenvalue weighted by Crippen LogP contribution is -2.46. The van der Waals surface area contributed by atoms with Crippen molar-refractivity contribution in [1.29, 1.82) is 0 Å². The average molecular weight is 412 g/mol. The second kappa shape index (κ2) is 8.59. The molecule has 1 fully saturated rings. The highest BCUT2D eigenvalue weighted by molar-refractivity contribution is 7.21. The summed E-state index contributed by atoms with van der Waals surface area (Å²) in [5.41, 5.74) is 1.88. The number of aromatic nitrogens is 1. The molecule has 152 valence electrons. The Labute approximate surface area is 175 Å². The normalized spacial score (nSPS) is 15.7. The maximum Gasteiger partial charge on any atom is 0.264 e. The van der Waals surface area contributed by atoms with Gasteiger partial charge in [-0.2, -0.15) is 0 Å². The highest BCUT2D eigenvalue weighted by atomic mass is 32.1. The van der Waals surface area contributed by atoms with Gasteiger partial charge in [-0.25, -0.2) is 4.39 Å². The number of hydrogen-bond donors (Lipinski definition) is 0. The van der Waals surface area contributed by atoms with E-state index < -0.39 is 0 Å². The molecule has 6 heteroatoms. The van der Waals surface area contributed by atoms with Crippen molar-refractivity contribution in [3.05, 3.63) is 64.5 Å². The van der Waals surface area contributed by atoms with Crippen LogP contribution in [0.3, 0.4) is 0 Å². The van der Waals surface area contributed by atoms with Crippen LogP contribution in [0.15, 0.2) is 42.6 Å². The van der Waals surface area contributed by atoms with Crippen molar-refractivity contribution in [2.45, 2.75) is 32.2 Å². The number of fused-ring (bicyclic) bond motifs is 1. The van der Waals surface area contributed by atoms with Crippen molar-refractivity contribution in [3.8, 4) is 0 Å². The molecule has 3 heterocycles. The van der Waals surface area contributed by atoms with Gasteiger partial charge in [0.05, 0.1) is 4.88 Å². The zero-order valence-electron chi connectivity index (χ0n) is 16.9. The van der Waals surface area contributed by atoms with Crippen molar-refractivity contribution < 1.29 is 9.18 Å². The molecule has 1 saturated heterocycles. The number of carbonyl (C=O) groups excluding carboxylic acids is 1. The molecule has 1 amide bonds. The molecule has 0 unspecified atom stereocenters. The summed E-state index contributed by atoms with van der Waals surface area (Å²) < 4.78 is 15.0. The third-order valence-corrected chi connectivity index (χ3v) is 7.18. The minimum absolute atomic E-state index is 0.00929. The number of pyridine rings is 1. The first-order valence-electron chi connectivity index (χ1n) is 10.1. The Morgan fingerprint density at radius 2 is 2.03 bits per heavy atom. The van der Waals surface area contributed by atoms with Gasteiger partial charge in [-0.15, -0.1) is 11.3 Å².